The van der Waals surface area contributed by atoms with Crippen LogP contribution in [0.15, 0.2) is 50.3 Å². The maximum atomic E-state index is 11.5. The lowest BCUT2D eigenvalue weighted by Crippen LogP contribution is -2.31. The molecule has 0 aliphatic heterocycles. The first kappa shape index (κ1) is 13.5. The molecule has 3 N–H and O–H groups in total. The summed E-state index contributed by atoms with van der Waals surface area (Å²) in [5, 5.41) is 7.39. The fourth-order valence-electron chi connectivity index (χ4n) is 1.50. The number of ether oxygens (including phenoxy) is 1. The molecule has 0 amide bonds. The minimum absolute atomic E-state index is 0.0124. The molecule has 1 heterocycles. The largest absolute Gasteiger partial charge is 0.497 e. The molecule has 0 unspecified atom stereocenters. The third-order valence-electron chi connectivity index (χ3n) is 2.50. The molecular weight excluding hydrogens is 262 g/mol. The normalized spacial score (nSPS) is 10.8. The summed E-state index contributed by atoms with van der Waals surface area (Å²) in [4.78, 5) is 25.2. The van der Waals surface area contributed by atoms with Crippen LogP contribution in [0.4, 0.5) is 5.82 Å². The zero-order chi connectivity index (χ0) is 14.5. The monoisotopic (exact) mass is 275 g/mol. The van der Waals surface area contributed by atoms with Crippen molar-refractivity contribution >= 4 is 5.82 Å². The van der Waals surface area contributed by atoms with E-state index in [0.717, 1.165) is 17.4 Å². The van der Waals surface area contributed by atoms with Crippen LogP contribution >= 0.6 is 0 Å². The lowest BCUT2D eigenvalue weighted by molar-refractivity contribution is 0.414. The van der Waals surface area contributed by atoms with Crippen LogP contribution in [0, 0.1) is 0 Å². The smallest absolute Gasteiger partial charge is 0.352 e. The molecule has 8 heteroatoms. The number of hydrogen-bond acceptors (Lipinski definition) is 6. The number of methoxy groups -OCH3 is 1. The average Bonchev–Trinajstić information content (AvgIpc) is 2.42. The zero-order valence-corrected chi connectivity index (χ0v) is 10.7. The predicted molar refractivity (Wildman–Crippen MR) is 72.7 cm³/mol. The maximum absolute atomic E-state index is 11.5. The van der Waals surface area contributed by atoms with Gasteiger partial charge in [0.1, 0.15) is 11.6 Å². The Bertz CT molecular complexity index is 699. The van der Waals surface area contributed by atoms with Crippen molar-refractivity contribution in [3.05, 3.63) is 56.7 Å². The molecule has 0 atom stereocenters. The van der Waals surface area contributed by atoms with Gasteiger partial charge >= 0.3 is 5.69 Å². The van der Waals surface area contributed by atoms with Crippen LogP contribution in [0.1, 0.15) is 5.56 Å². The van der Waals surface area contributed by atoms with Gasteiger partial charge in [-0.05, 0) is 17.7 Å². The summed E-state index contributed by atoms with van der Waals surface area (Å²) in [5.74, 6) is 0.721. The molecule has 20 heavy (non-hydrogen) atoms. The predicted octanol–water partition coefficient (Wildman–Crippen LogP) is 0.543. The van der Waals surface area contributed by atoms with Gasteiger partial charge in [-0.15, -0.1) is 4.68 Å². The summed E-state index contributed by atoms with van der Waals surface area (Å²) in [6, 6.07) is 8.26. The van der Waals surface area contributed by atoms with Crippen molar-refractivity contribution in [2.75, 3.05) is 12.8 Å². The van der Waals surface area contributed by atoms with Crippen molar-refractivity contribution in [1.29, 1.82) is 0 Å². The SMILES string of the molecule is COc1ccc(CN=Nn2c(=O)cc(N)[nH]c2=O)cc1. The molecule has 0 saturated carbocycles. The molecule has 0 saturated heterocycles. The van der Waals surface area contributed by atoms with Crippen molar-refractivity contribution in [2.45, 2.75) is 6.54 Å². The van der Waals surface area contributed by atoms with Gasteiger partial charge in [-0.1, -0.05) is 17.4 Å². The Morgan fingerprint density at radius 3 is 2.60 bits per heavy atom. The summed E-state index contributed by atoms with van der Waals surface area (Å²) in [6.45, 7) is 0.236. The second-order valence-corrected chi connectivity index (χ2v) is 3.92. The quantitative estimate of drug-likeness (QED) is 0.792. The fraction of sp³-hybridized carbons (Fsp3) is 0.167. The van der Waals surface area contributed by atoms with Crippen molar-refractivity contribution < 1.29 is 4.74 Å². The van der Waals surface area contributed by atoms with E-state index < -0.39 is 11.2 Å². The average molecular weight is 275 g/mol. The summed E-state index contributed by atoms with van der Waals surface area (Å²) >= 11 is 0. The number of benzene rings is 1. The highest BCUT2D eigenvalue weighted by atomic mass is 16.5. The number of nitrogens with two attached hydrogens (primary N) is 1. The molecule has 0 bridgehead atoms. The maximum Gasteiger partial charge on any atom is 0.352 e. The molecule has 1 aromatic carbocycles. The Balaban J connectivity index is 2.14. The lowest BCUT2D eigenvalue weighted by Gasteiger charge is -2.00. The molecule has 0 aliphatic carbocycles. The number of nitrogens with zero attached hydrogens (tertiary/aromatic N) is 3. The molecule has 8 nitrogen and oxygen atoms in total. The molecule has 0 radical (unpaired) electrons. The van der Waals surface area contributed by atoms with Crippen LogP contribution in [0.5, 0.6) is 5.75 Å². The number of nitrogens with one attached hydrogen (secondary N) is 1. The Labute approximate surface area is 113 Å². The van der Waals surface area contributed by atoms with Crippen molar-refractivity contribution in [3.8, 4) is 5.75 Å². The number of nitrogen functional groups attached to an aromatic ring is 1. The highest BCUT2D eigenvalue weighted by molar-refractivity contribution is 5.27. The molecule has 2 aromatic rings. The van der Waals surface area contributed by atoms with Crippen LogP contribution in [0.3, 0.4) is 0 Å². The number of hydrogen-bond donors (Lipinski definition) is 2. The molecule has 2 rings (SSSR count). The summed E-state index contributed by atoms with van der Waals surface area (Å²) in [6.07, 6.45) is 0. The van der Waals surface area contributed by atoms with E-state index in [1.54, 1.807) is 19.2 Å². The van der Waals surface area contributed by atoms with Gasteiger partial charge in [0.15, 0.2) is 0 Å². The Morgan fingerprint density at radius 1 is 1.30 bits per heavy atom. The van der Waals surface area contributed by atoms with Gasteiger partial charge in [0.25, 0.3) is 5.56 Å². The molecule has 0 aliphatic rings. The highest BCUT2D eigenvalue weighted by Crippen LogP contribution is 2.11. The summed E-state index contributed by atoms with van der Waals surface area (Å²) in [5.41, 5.74) is 4.83. The first-order chi connectivity index (χ1) is 9.60. The van der Waals surface area contributed by atoms with E-state index in [4.69, 9.17) is 10.5 Å². The third-order valence-corrected chi connectivity index (χ3v) is 2.50. The van der Waals surface area contributed by atoms with Crippen LogP contribution in [0.25, 0.3) is 0 Å². The lowest BCUT2D eigenvalue weighted by atomic mass is 10.2. The van der Waals surface area contributed by atoms with Gasteiger partial charge in [0.05, 0.1) is 13.7 Å². The second kappa shape index (κ2) is 5.83. The summed E-state index contributed by atoms with van der Waals surface area (Å²) < 4.78 is 5.64. The van der Waals surface area contributed by atoms with Gasteiger partial charge in [-0.2, -0.15) is 5.11 Å². The van der Waals surface area contributed by atoms with E-state index in [1.807, 2.05) is 12.1 Å². The topological polar surface area (TPSA) is 115 Å². The van der Waals surface area contributed by atoms with E-state index in [1.165, 1.54) is 0 Å². The van der Waals surface area contributed by atoms with Crippen LogP contribution in [-0.2, 0) is 6.54 Å². The van der Waals surface area contributed by atoms with Gasteiger partial charge in [0.2, 0.25) is 0 Å². The fourth-order valence-corrected chi connectivity index (χ4v) is 1.50. The van der Waals surface area contributed by atoms with E-state index in [2.05, 4.69) is 15.3 Å². The first-order valence-corrected chi connectivity index (χ1v) is 5.73. The minimum Gasteiger partial charge on any atom is -0.497 e. The summed E-state index contributed by atoms with van der Waals surface area (Å²) in [7, 11) is 1.58. The Hall–Kier alpha value is -2.90. The second-order valence-electron chi connectivity index (χ2n) is 3.92. The molecule has 0 fully saturated rings. The molecule has 0 spiro atoms. The number of anilines is 1. The van der Waals surface area contributed by atoms with Crippen molar-refractivity contribution in [1.82, 2.24) is 9.66 Å². The molecule has 1 aromatic heterocycles. The number of H-pyrrole nitrogens is 1. The van der Waals surface area contributed by atoms with E-state index in [-0.39, 0.29) is 12.4 Å². The van der Waals surface area contributed by atoms with Crippen molar-refractivity contribution in [3.63, 3.8) is 0 Å². The Kier molecular flexibility index (Phi) is 3.94. The number of aromatic amines is 1. The van der Waals surface area contributed by atoms with Gasteiger partial charge < -0.3 is 10.5 Å². The highest BCUT2D eigenvalue weighted by Gasteiger charge is 2.00. The molecule has 104 valence electrons. The van der Waals surface area contributed by atoms with Crippen LogP contribution in [0.2, 0.25) is 0 Å². The van der Waals surface area contributed by atoms with E-state index >= 15 is 0 Å². The van der Waals surface area contributed by atoms with Crippen molar-refractivity contribution in [2.24, 2.45) is 10.3 Å². The van der Waals surface area contributed by atoms with E-state index in [9.17, 15) is 9.59 Å². The minimum atomic E-state index is -0.728. The first-order valence-electron chi connectivity index (χ1n) is 5.73. The van der Waals surface area contributed by atoms with Gasteiger partial charge in [-0.3, -0.25) is 9.78 Å². The zero-order valence-electron chi connectivity index (χ0n) is 10.7. The number of rotatable bonds is 4. The van der Waals surface area contributed by atoms with E-state index in [0.29, 0.717) is 4.68 Å². The van der Waals surface area contributed by atoms with Crippen LogP contribution < -0.4 is 21.7 Å². The van der Waals surface area contributed by atoms with Gasteiger partial charge in [-0.25, -0.2) is 4.79 Å². The van der Waals surface area contributed by atoms with Gasteiger partial charge in [0, 0.05) is 6.07 Å². The third kappa shape index (κ3) is 3.10. The molecular formula is C12H13N5O3. The van der Waals surface area contributed by atoms with Crippen LogP contribution in [-0.4, -0.2) is 16.8 Å². The number of aromatic nitrogens is 2. The standard InChI is InChI=1S/C12H13N5O3/c1-20-9-4-2-8(3-5-9)7-14-16-17-11(18)6-10(13)15-12(17)19/h2-6H,7,13H2,1H3,(H,15,19). The Morgan fingerprint density at radius 2 is 2.00 bits per heavy atom.